The van der Waals surface area contributed by atoms with Gasteiger partial charge in [-0.2, -0.15) is 0 Å². The molecule has 2 N–H and O–H groups in total. The summed E-state index contributed by atoms with van der Waals surface area (Å²) in [6, 6.07) is 7.52. The first-order chi connectivity index (χ1) is 9.94. The van der Waals surface area contributed by atoms with Gasteiger partial charge in [0.05, 0.1) is 0 Å². The maximum atomic E-state index is 12.2. The fourth-order valence-electron chi connectivity index (χ4n) is 2.45. The quantitative estimate of drug-likeness (QED) is 0.821. The predicted molar refractivity (Wildman–Crippen MR) is 84.0 cm³/mol. The first kappa shape index (κ1) is 15.6. The van der Waals surface area contributed by atoms with E-state index in [0.29, 0.717) is 11.6 Å². The van der Waals surface area contributed by atoms with Crippen LogP contribution in [0.1, 0.15) is 61.9 Å². The largest absolute Gasteiger partial charge is 0.378 e. The van der Waals surface area contributed by atoms with Crippen LogP contribution in [0.25, 0.3) is 0 Å². The number of rotatable bonds is 2. The molecule has 0 atom stereocenters. The van der Waals surface area contributed by atoms with Crippen molar-refractivity contribution in [3.63, 3.8) is 0 Å². The van der Waals surface area contributed by atoms with Crippen molar-refractivity contribution in [2.45, 2.75) is 57.6 Å². The number of hydrogen-bond acceptors (Lipinski definition) is 2. The maximum absolute atomic E-state index is 12.2. The Bertz CT molecular complexity index is 537. The van der Waals surface area contributed by atoms with Crippen LogP contribution in [-0.4, -0.2) is 22.7 Å². The van der Waals surface area contributed by atoms with Gasteiger partial charge < -0.3 is 10.4 Å². The number of carbonyl (C=O) groups is 1. The molecule has 0 unspecified atom stereocenters. The van der Waals surface area contributed by atoms with Crippen LogP contribution in [0, 0.1) is 11.8 Å². The highest BCUT2D eigenvalue weighted by Crippen LogP contribution is 2.18. The van der Waals surface area contributed by atoms with Gasteiger partial charge in [-0.1, -0.05) is 31.1 Å². The molecule has 0 radical (unpaired) electrons. The van der Waals surface area contributed by atoms with E-state index in [9.17, 15) is 9.90 Å². The van der Waals surface area contributed by atoms with Gasteiger partial charge in [-0.3, -0.25) is 4.79 Å². The topological polar surface area (TPSA) is 49.3 Å². The zero-order chi connectivity index (χ0) is 15.3. The smallest absolute Gasteiger partial charge is 0.251 e. The zero-order valence-electron chi connectivity index (χ0n) is 12.8. The molecule has 1 saturated carbocycles. The van der Waals surface area contributed by atoms with Gasteiger partial charge in [0.15, 0.2) is 0 Å². The number of amides is 1. The van der Waals surface area contributed by atoms with Crippen LogP contribution in [0.5, 0.6) is 0 Å². The Balaban J connectivity index is 1.97. The molecule has 1 aromatic carbocycles. The SMILES string of the molecule is CC(C)(O)C#Cc1ccc(C(=O)NC2CCCCC2)cc1. The third kappa shape index (κ3) is 5.24. The normalized spacial score (nSPS) is 16.0. The number of aliphatic hydroxyl groups is 1. The lowest BCUT2D eigenvalue weighted by Crippen LogP contribution is -2.36. The second-order valence-electron chi connectivity index (χ2n) is 6.19. The van der Waals surface area contributed by atoms with E-state index in [-0.39, 0.29) is 5.91 Å². The van der Waals surface area contributed by atoms with Crippen LogP contribution in [0.2, 0.25) is 0 Å². The summed E-state index contributed by atoms with van der Waals surface area (Å²) in [7, 11) is 0. The van der Waals surface area contributed by atoms with E-state index in [0.717, 1.165) is 18.4 Å². The zero-order valence-corrected chi connectivity index (χ0v) is 12.8. The summed E-state index contributed by atoms with van der Waals surface area (Å²) < 4.78 is 0. The summed E-state index contributed by atoms with van der Waals surface area (Å²) in [5, 5.41) is 12.7. The number of nitrogens with one attached hydrogen (secondary N) is 1. The Labute approximate surface area is 126 Å². The summed E-state index contributed by atoms with van der Waals surface area (Å²) in [6.45, 7) is 3.29. The summed E-state index contributed by atoms with van der Waals surface area (Å²) in [6.07, 6.45) is 5.86. The molecule has 1 amide bonds. The fourth-order valence-corrected chi connectivity index (χ4v) is 2.45. The molecule has 21 heavy (non-hydrogen) atoms. The average molecular weight is 285 g/mol. The van der Waals surface area contributed by atoms with E-state index in [4.69, 9.17) is 0 Å². The molecule has 3 nitrogen and oxygen atoms in total. The molecule has 0 bridgehead atoms. The molecule has 112 valence electrons. The standard InChI is InChI=1S/C18H23NO2/c1-18(2,21)13-12-14-8-10-15(11-9-14)17(20)19-16-6-4-3-5-7-16/h8-11,16,21H,3-7H2,1-2H3,(H,19,20). The summed E-state index contributed by atoms with van der Waals surface area (Å²) in [4.78, 5) is 12.2. The lowest BCUT2D eigenvalue weighted by molar-refractivity contribution is 0.0927. The summed E-state index contributed by atoms with van der Waals surface area (Å²) in [5.41, 5.74) is 0.456. The van der Waals surface area contributed by atoms with Gasteiger partial charge in [0.1, 0.15) is 5.60 Å². The Morgan fingerprint density at radius 3 is 2.38 bits per heavy atom. The summed E-state index contributed by atoms with van der Waals surface area (Å²) >= 11 is 0. The summed E-state index contributed by atoms with van der Waals surface area (Å²) in [5.74, 6) is 5.65. The monoisotopic (exact) mass is 285 g/mol. The average Bonchev–Trinajstić information content (AvgIpc) is 2.46. The Hall–Kier alpha value is -1.79. The highest BCUT2D eigenvalue weighted by molar-refractivity contribution is 5.94. The highest BCUT2D eigenvalue weighted by Gasteiger charge is 2.16. The predicted octanol–water partition coefficient (Wildman–Crippen LogP) is 2.87. The minimum Gasteiger partial charge on any atom is -0.378 e. The van der Waals surface area contributed by atoms with Gasteiger partial charge in [0.25, 0.3) is 5.91 Å². The second kappa shape index (κ2) is 6.78. The molecule has 0 aliphatic heterocycles. The van der Waals surface area contributed by atoms with Crippen LogP contribution in [0.3, 0.4) is 0 Å². The van der Waals surface area contributed by atoms with Crippen molar-refractivity contribution in [1.29, 1.82) is 0 Å². The number of hydrogen-bond donors (Lipinski definition) is 2. The lowest BCUT2D eigenvalue weighted by Gasteiger charge is -2.22. The van der Waals surface area contributed by atoms with Crippen molar-refractivity contribution in [3.05, 3.63) is 35.4 Å². The van der Waals surface area contributed by atoms with Crippen molar-refractivity contribution in [2.75, 3.05) is 0 Å². The van der Waals surface area contributed by atoms with Crippen LogP contribution in [0.4, 0.5) is 0 Å². The Kier molecular flexibility index (Phi) is 5.03. The van der Waals surface area contributed by atoms with Crippen molar-refractivity contribution < 1.29 is 9.90 Å². The van der Waals surface area contributed by atoms with Crippen molar-refractivity contribution in [1.82, 2.24) is 5.32 Å². The van der Waals surface area contributed by atoms with Crippen molar-refractivity contribution in [3.8, 4) is 11.8 Å². The van der Waals surface area contributed by atoms with Crippen LogP contribution in [-0.2, 0) is 0 Å². The van der Waals surface area contributed by atoms with E-state index in [1.54, 1.807) is 26.0 Å². The van der Waals surface area contributed by atoms with Gasteiger partial charge in [0.2, 0.25) is 0 Å². The number of carbonyl (C=O) groups excluding carboxylic acids is 1. The van der Waals surface area contributed by atoms with Gasteiger partial charge in [-0.05, 0) is 51.0 Å². The fraction of sp³-hybridized carbons (Fsp3) is 0.500. The molecule has 1 fully saturated rings. The van der Waals surface area contributed by atoms with E-state index >= 15 is 0 Å². The molecule has 2 rings (SSSR count). The first-order valence-corrected chi connectivity index (χ1v) is 7.60. The van der Waals surface area contributed by atoms with Crippen LogP contribution in [0.15, 0.2) is 24.3 Å². The minimum atomic E-state index is -1.00. The molecular weight excluding hydrogens is 262 g/mol. The molecule has 0 heterocycles. The number of benzene rings is 1. The van der Waals surface area contributed by atoms with Crippen LogP contribution < -0.4 is 5.32 Å². The van der Waals surface area contributed by atoms with E-state index < -0.39 is 5.60 Å². The molecule has 1 aliphatic rings. The minimum absolute atomic E-state index is 0.0103. The Morgan fingerprint density at radius 1 is 1.19 bits per heavy atom. The van der Waals surface area contributed by atoms with Gasteiger partial charge in [-0.25, -0.2) is 0 Å². The highest BCUT2D eigenvalue weighted by atomic mass is 16.3. The Morgan fingerprint density at radius 2 is 1.81 bits per heavy atom. The molecule has 3 heteroatoms. The molecule has 1 aliphatic carbocycles. The van der Waals surface area contributed by atoms with Gasteiger partial charge in [0, 0.05) is 17.2 Å². The van der Waals surface area contributed by atoms with E-state index in [1.165, 1.54) is 19.3 Å². The van der Waals surface area contributed by atoms with Gasteiger partial charge in [-0.15, -0.1) is 0 Å². The molecular formula is C18H23NO2. The third-order valence-electron chi connectivity index (χ3n) is 3.60. The molecule has 1 aromatic rings. The lowest BCUT2D eigenvalue weighted by atomic mass is 9.95. The maximum Gasteiger partial charge on any atom is 0.251 e. The molecule has 0 aromatic heterocycles. The van der Waals surface area contributed by atoms with Crippen molar-refractivity contribution >= 4 is 5.91 Å². The van der Waals surface area contributed by atoms with Gasteiger partial charge >= 0.3 is 0 Å². The molecule has 0 spiro atoms. The molecule has 0 saturated heterocycles. The van der Waals surface area contributed by atoms with Crippen LogP contribution >= 0.6 is 0 Å². The van der Waals surface area contributed by atoms with E-state index in [1.807, 2.05) is 12.1 Å². The third-order valence-corrected chi connectivity index (χ3v) is 3.60. The first-order valence-electron chi connectivity index (χ1n) is 7.60. The van der Waals surface area contributed by atoms with Crippen molar-refractivity contribution in [2.24, 2.45) is 0 Å². The second-order valence-corrected chi connectivity index (χ2v) is 6.19. The van der Waals surface area contributed by atoms with E-state index in [2.05, 4.69) is 17.2 Å².